The molecule has 4 nitrogen and oxygen atoms in total. The van der Waals surface area contributed by atoms with E-state index >= 15 is 0 Å². The average molecular weight is 354 g/mol. The van der Waals surface area contributed by atoms with E-state index in [0.717, 1.165) is 52.1 Å². The number of aromatic nitrogens is 1. The Hall–Kier alpha value is -1.75. The highest BCUT2D eigenvalue weighted by atomic mass is 16.3. The molecule has 3 rings (SSSR count). The standard InChI is InChI=1S/C22H31N3O/c1-19(14-20-6-3-2-4-7-20)15-22(26)18-25-12-10-24(11-13-25)17-21-8-5-9-23-16-21/h2-9,16,19,22,26H,10-15,17-18H2,1H3/t19-,22+/m1/s1. The molecule has 1 aromatic heterocycles. The fourth-order valence-electron chi connectivity index (χ4n) is 3.82. The molecule has 1 aliphatic heterocycles. The van der Waals surface area contributed by atoms with Crippen LogP contribution in [0.15, 0.2) is 54.9 Å². The molecule has 26 heavy (non-hydrogen) atoms. The molecule has 0 amide bonds. The van der Waals surface area contributed by atoms with Gasteiger partial charge in [-0.25, -0.2) is 0 Å². The van der Waals surface area contributed by atoms with Crippen LogP contribution in [0.25, 0.3) is 0 Å². The molecule has 0 aliphatic carbocycles. The third-order valence-corrected chi connectivity index (χ3v) is 5.16. The highest BCUT2D eigenvalue weighted by molar-refractivity contribution is 5.15. The van der Waals surface area contributed by atoms with Gasteiger partial charge in [-0.15, -0.1) is 0 Å². The molecule has 1 fully saturated rings. The number of aliphatic hydroxyl groups is 1. The molecule has 0 bridgehead atoms. The van der Waals surface area contributed by atoms with Crippen molar-refractivity contribution in [1.29, 1.82) is 0 Å². The van der Waals surface area contributed by atoms with E-state index in [4.69, 9.17) is 0 Å². The van der Waals surface area contributed by atoms with Crippen LogP contribution in [-0.4, -0.2) is 58.7 Å². The van der Waals surface area contributed by atoms with Crippen molar-refractivity contribution in [3.05, 3.63) is 66.0 Å². The molecule has 2 aromatic rings. The van der Waals surface area contributed by atoms with Gasteiger partial charge in [0, 0.05) is 51.7 Å². The first-order valence-corrected chi connectivity index (χ1v) is 9.74. The molecule has 1 N–H and O–H groups in total. The second-order valence-electron chi connectivity index (χ2n) is 7.62. The van der Waals surface area contributed by atoms with E-state index in [2.05, 4.69) is 58.1 Å². The molecule has 1 aliphatic rings. The van der Waals surface area contributed by atoms with Crippen LogP contribution in [0.3, 0.4) is 0 Å². The molecule has 0 unspecified atom stereocenters. The Kier molecular flexibility index (Phi) is 7.18. The number of hydrogen-bond donors (Lipinski definition) is 1. The molecule has 2 heterocycles. The van der Waals surface area contributed by atoms with Crippen molar-refractivity contribution in [2.75, 3.05) is 32.7 Å². The number of piperazine rings is 1. The Morgan fingerprint density at radius 2 is 1.65 bits per heavy atom. The maximum absolute atomic E-state index is 10.5. The number of hydrogen-bond acceptors (Lipinski definition) is 4. The van der Waals surface area contributed by atoms with Gasteiger partial charge in [-0.1, -0.05) is 43.3 Å². The lowest BCUT2D eigenvalue weighted by atomic mass is 9.95. The topological polar surface area (TPSA) is 39.6 Å². The third kappa shape index (κ3) is 6.20. The fraction of sp³-hybridized carbons (Fsp3) is 0.500. The van der Waals surface area contributed by atoms with Gasteiger partial charge in [0.25, 0.3) is 0 Å². The predicted octanol–water partition coefficient (Wildman–Crippen LogP) is 2.83. The van der Waals surface area contributed by atoms with Crippen molar-refractivity contribution in [3.8, 4) is 0 Å². The van der Waals surface area contributed by atoms with E-state index in [-0.39, 0.29) is 6.10 Å². The van der Waals surface area contributed by atoms with E-state index in [1.807, 2.05) is 18.5 Å². The second-order valence-corrected chi connectivity index (χ2v) is 7.62. The number of aliphatic hydroxyl groups excluding tert-OH is 1. The molecule has 0 saturated carbocycles. The highest BCUT2D eigenvalue weighted by Gasteiger charge is 2.20. The quantitative estimate of drug-likeness (QED) is 0.792. The lowest BCUT2D eigenvalue weighted by molar-refractivity contribution is 0.0593. The monoisotopic (exact) mass is 353 g/mol. The first kappa shape index (κ1) is 19.0. The molecule has 1 aromatic carbocycles. The van der Waals surface area contributed by atoms with Crippen molar-refractivity contribution in [2.24, 2.45) is 5.92 Å². The molecule has 0 spiro atoms. The van der Waals surface area contributed by atoms with E-state index in [1.165, 1.54) is 11.1 Å². The Morgan fingerprint density at radius 3 is 2.35 bits per heavy atom. The van der Waals surface area contributed by atoms with Crippen LogP contribution in [0.5, 0.6) is 0 Å². The largest absolute Gasteiger partial charge is 0.392 e. The Morgan fingerprint density at radius 1 is 0.962 bits per heavy atom. The molecule has 4 heteroatoms. The van der Waals surface area contributed by atoms with Crippen LogP contribution in [0, 0.1) is 5.92 Å². The van der Waals surface area contributed by atoms with Gasteiger partial charge in [-0.05, 0) is 36.0 Å². The minimum atomic E-state index is -0.237. The zero-order chi connectivity index (χ0) is 18.2. The van der Waals surface area contributed by atoms with Gasteiger partial charge in [-0.2, -0.15) is 0 Å². The van der Waals surface area contributed by atoms with Crippen LogP contribution in [0.4, 0.5) is 0 Å². The molecule has 140 valence electrons. The maximum atomic E-state index is 10.5. The van der Waals surface area contributed by atoms with Gasteiger partial charge in [0.2, 0.25) is 0 Å². The summed E-state index contributed by atoms with van der Waals surface area (Å²) in [5, 5.41) is 10.5. The minimum Gasteiger partial charge on any atom is -0.392 e. The fourth-order valence-corrected chi connectivity index (χ4v) is 3.82. The first-order chi connectivity index (χ1) is 12.7. The average Bonchev–Trinajstić information content (AvgIpc) is 2.65. The van der Waals surface area contributed by atoms with Crippen molar-refractivity contribution in [2.45, 2.75) is 32.4 Å². The van der Waals surface area contributed by atoms with Crippen molar-refractivity contribution >= 4 is 0 Å². The van der Waals surface area contributed by atoms with Gasteiger partial charge in [-0.3, -0.25) is 14.8 Å². The zero-order valence-electron chi connectivity index (χ0n) is 15.8. The predicted molar refractivity (Wildman–Crippen MR) is 106 cm³/mol. The van der Waals surface area contributed by atoms with Gasteiger partial charge in [0.1, 0.15) is 0 Å². The van der Waals surface area contributed by atoms with Crippen molar-refractivity contribution < 1.29 is 5.11 Å². The summed E-state index contributed by atoms with van der Waals surface area (Å²) in [4.78, 5) is 9.06. The molecule has 0 radical (unpaired) electrons. The van der Waals surface area contributed by atoms with Crippen LogP contribution >= 0.6 is 0 Å². The summed E-state index contributed by atoms with van der Waals surface area (Å²) in [5.74, 6) is 0.499. The smallest absolute Gasteiger partial charge is 0.0669 e. The van der Waals surface area contributed by atoms with Crippen LogP contribution in [0.1, 0.15) is 24.5 Å². The number of β-amino-alcohol motifs (C(OH)–C–C–N with tert-alkyl or cyclic N) is 1. The first-order valence-electron chi connectivity index (χ1n) is 9.74. The Bertz CT molecular complexity index is 626. The Labute approximate surface area is 157 Å². The highest BCUT2D eigenvalue weighted by Crippen LogP contribution is 2.15. The SMILES string of the molecule is C[C@H](Cc1ccccc1)C[C@H](O)CN1CCN(Cc2cccnc2)CC1. The molecule has 1 saturated heterocycles. The van der Waals surface area contributed by atoms with Crippen LogP contribution < -0.4 is 0 Å². The van der Waals surface area contributed by atoms with Gasteiger partial charge < -0.3 is 5.11 Å². The molecule has 2 atom stereocenters. The third-order valence-electron chi connectivity index (χ3n) is 5.16. The normalized spacial score (nSPS) is 18.5. The number of nitrogens with zero attached hydrogens (tertiary/aromatic N) is 3. The minimum absolute atomic E-state index is 0.237. The van der Waals surface area contributed by atoms with Crippen molar-refractivity contribution in [1.82, 2.24) is 14.8 Å². The Balaban J connectivity index is 1.36. The summed E-state index contributed by atoms with van der Waals surface area (Å²) in [6.07, 6.45) is 5.44. The maximum Gasteiger partial charge on any atom is 0.0669 e. The number of benzene rings is 1. The van der Waals surface area contributed by atoms with Gasteiger partial charge in [0.05, 0.1) is 6.10 Å². The molecular formula is C22H31N3O. The lowest BCUT2D eigenvalue weighted by Gasteiger charge is -2.35. The van der Waals surface area contributed by atoms with E-state index in [9.17, 15) is 5.11 Å². The van der Waals surface area contributed by atoms with E-state index in [0.29, 0.717) is 5.92 Å². The summed E-state index contributed by atoms with van der Waals surface area (Å²) >= 11 is 0. The number of pyridine rings is 1. The zero-order valence-corrected chi connectivity index (χ0v) is 15.8. The summed E-state index contributed by atoms with van der Waals surface area (Å²) in [7, 11) is 0. The summed E-state index contributed by atoms with van der Waals surface area (Å²) < 4.78 is 0. The summed E-state index contributed by atoms with van der Waals surface area (Å²) in [6.45, 7) is 8.18. The van der Waals surface area contributed by atoms with Crippen LogP contribution in [0.2, 0.25) is 0 Å². The summed E-state index contributed by atoms with van der Waals surface area (Å²) in [5.41, 5.74) is 2.63. The van der Waals surface area contributed by atoms with E-state index in [1.54, 1.807) is 0 Å². The van der Waals surface area contributed by atoms with E-state index < -0.39 is 0 Å². The van der Waals surface area contributed by atoms with Gasteiger partial charge in [0.15, 0.2) is 0 Å². The lowest BCUT2D eigenvalue weighted by Crippen LogP contribution is -2.48. The molecular weight excluding hydrogens is 322 g/mol. The van der Waals surface area contributed by atoms with Crippen molar-refractivity contribution in [3.63, 3.8) is 0 Å². The second kappa shape index (κ2) is 9.81. The number of rotatable bonds is 8. The van der Waals surface area contributed by atoms with Crippen LogP contribution in [-0.2, 0) is 13.0 Å². The van der Waals surface area contributed by atoms with Gasteiger partial charge >= 0.3 is 0 Å². The summed E-state index contributed by atoms with van der Waals surface area (Å²) in [6, 6.07) is 14.7.